The van der Waals surface area contributed by atoms with Crippen LogP contribution in [0.15, 0.2) is 0 Å². The predicted molar refractivity (Wildman–Crippen MR) is 70.9 cm³/mol. The Bertz CT molecular complexity index is 425. The Kier molecular flexibility index (Phi) is 5.08. The topological polar surface area (TPSA) is 83.0 Å². The molecule has 1 aromatic rings. The van der Waals surface area contributed by atoms with Gasteiger partial charge in [-0.25, -0.2) is 0 Å². The van der Waals surface area contributed by atoms with Crippen LogP contribution in [-0.4, -0.2) is 47.5 Å². The van der Waals surface area contributed by atoms with Gasteiger partial charge in [-0.15, -0.1) is 0 Å². The summed E-state index contributed by atoms with van der Waals surface area (Å²) in [4.78, 5) is 25.1. The van der Waals surface area contributed by atoms with Crippen molar-refractivity contribution >= 4 is 29.4 Å². The first kappa shape index (κ1) is 14.4. The fourth-order valence-corrected chi connectivity index (χ4v) is 1.43. The van der Waals surface area contributed by atoms with Crippen LogP contribution in [-0.2, 0) is 4.79 Å². The molecule has 1 amide bonds. The lowest BCUT2D eigenvalue weighted by atomic mass is 10.4. The van der Waals surface area contributed by atoms with Gasteiger partial charge in [0.2, 0.25) is 23.1 Å². The number of nitrogens with one attached hydrogen (secondary N) is 2. The number of likely N-dealkylation sites (N-methyl/N-ethyl adjacent to an activating group) is 1. The lowest BCUT2D eigenvalue weighted by Crippen LogP contribution is -2.39. The lowest BCUT2D eigenvalue weighted by molar-refractivity contribution is -0.120. The Hall–Kier alpha value is -1.63. The van der Waals surface area contributed by atoms with Gasteiger partial charge < -0.3 is 15.5 Å². The SMILES string of the molecule is CNc1nc(Cl)nc(N(C)CC(=O)NC(C)C)n1. The second-order valence-corrected chi connectivity index (χ2v) is 4.39. The molecule has 0 aliphatic heterocycles. The number of hydrogen-bond donors (Lipinski definition) is 2. The summed E-state index contributed by atoms with van der Waals surface area (Å²) in [6.07, 6.45) is 0. The van der Waals surface area contributed by atoms with Gasteiger partial charge in [0, 0.05) is 20.1 Å². The van der Waals surface area contributed by atoms with E-state index >= 15 is 0 Å². The minimum atomic E-state index is -0.102. The number of halogens is 1. The first-order valence-corrected chi connectivity index (χ1v) is 5.90. The normalized spacial score (nSPS) is 10.3. The van der Waals surface area contributed by atoms with E-state index in [0.717, 1.165) is 0 Å². The molecule has 1 heterocycles. The highest BCUT2D eigenvalue weighted by Gasteiger charge is 2.12. The number of carbonyl (C=O) groups excluding carboxylic acids is 1. The third kappa shape index (κ3) is 4.33. The van der Waals surface area contributed by atoms with E-state index in [2.05, 4.69) is 25.6 Å². The summed E-state index contributed by atoms with van der Waals surface area (Å²) in [7, 11) is 3.39. The summed E-state index contributed by atoms with van der Waals surface area (Å²) in [5.41, 5.74) is 0. The minimum Gasteiger partial charge on any atom is -0.357 e. The molecule has 0 saturated carbocycles. The molecule has 0 bridgehead atoms. The highest BCUT2D eigenvalue weighted by Crippen LogP contribution is 2.11. The van der Waals surface area contributed by atoms with Gasteiger partial charge in [-0.1, -0.05) is 0 Å². The van der Waals surface area contributed by atoms with Crippen molar-refractivity contribution in [2.75, 3.05) is 30.9 Å². The molecule has 8 heteroatoms. The van der Waals surface area contributed by atoms with Crippen molar-refractivity contribution in [1.82, 2.24) is 20.3 Å². The molecule has 0 aromatic carbocycles. The molecule has 0 unspecified atom stereocenters. The Morgan fingerprint density at radius 3 is 2.61 bits per heavy atom. The Morgan fingerprint density at radius 2 is 2.06 bits per heavy atom. The second-order valence-electron chi connectivity index (χ2n) is 4.06. The van der Waals surface area contributed by atoms with Crippen molar-refractivity contribution in [1.29, 1.82) is 0 Å². The van der Waals surface area contributed by atoms with E-state index in [-0.39, 0.29) is 23.8 Å². The van der Waals surface area contributed by atoms with Crippen LogP contribution < -0.4 is 15.5 Å². The molecule has 0 aliphatic rings. The zero-order valence-corrected chi connectivity index (χ0v) is 11.6. The molecule has 0 saturated heterocycles. The molecule has 0 atom stereocenters. The van der Waals surface area contributed by atoms with E-state index < -0.39 is 0 Å². The molecule has 0 aliphatic carbocycles. The maximum Gasteiger partial charge on any atom is 0.239 e. The molecule has 0 radical (unpaired) electrons. The van der Waals surface area contributed by atoms with Gasteiger partial charge >= 0.3 is 0 Å². The van der Waals surface area contributed by atoms with Crippen molar-refractivity contribution < 1.29 is 4.79 Å². The quantitative estimate of drug-likeness (QED) is 0.813. The third-order valence-electron chi connectivity index (χ3n) is 1.99. The molecule has 0 spiro atoms. The average Bonchev–Trinajstić information content (AvgIpc) is 2.26. The van der Waals surface area contributed by atoms with Crippen molar-refractivity contribution in [2.24, 2.45) is 0 Å². The van der Waals surface area contributed by atoms with Crippen LogP contribution in [0.3, 0.4) is 0 Å². The maximum absolute atomic E-state index is 11.6. The molecule has 2 N–H and O–H groups in total. The van der Waals surface area contributed by atoms with Crippen LogP contribution in [0.2, 0.25) is 5.28 Å². The van der Waals surface area contributed by atoms with Crippen LogP contribution in [0.1, 0.15) is 13.8 Å². The number of carbonyl (C=O) groups is 1. The number of hydrogen-bond acceptors (Lipinski definition) is 6. The van der Waals surface area contributed by atoms with Crippen molar-refractivity contribution in [2.45, 2.75) is 19.9 Å². The summed E-state index contributed by atoms with van der Waals surface area (Å²) in [6.45, 7) is 3.95. The Balaban J connectivity index is 2.74. The van der Waals surface area contributed by atoms with Crippen LogP contribution in [0, 0.1) is 0 Å². The third-order valence-corrected chi connectivity index (χ3v) is 2.16. The Labute approximate surface area is 111 Å². The molecule has 100 valence electrons. The van der Waals surface area contributed by atoms with E-state index in [4.69, 9.17) is 11.6 Å². The molecule has 1 aromatic heterocycles. The number of nitrogens with zero attached hydrogens (tertiary/aromatic N) is 4. The smallest absolute Gasteiger partial charge is 0.239 e. The van der Waals surface area contributed by atoms with Crippen molar-refractivity contribution in [3.05, 3.63) is 5.28 Å². The second kappa shape index (κ2) is 6.34. The van der Waals surface area contributed by atoms with Gasteiger partial charge in [0.1, 0.15) is 0 Å². The number of amides is 1. The van der Waals surface area contributed by atoms with Gasteiger partial charge in [0.05, 0.1) is 6.54 Å². The van der Waals surface area contributed by atoms with Crippen LogP contribution in [0.25, 0.3) is 0 Å². The summed E-state index contributed by atoms with van der Waals surface area (Å²) in [5, 5.41) is 5.64. The lowest BCUT2D eigenvalue weighted by Gasteiger charge is -2.18. The van der Waals surface area contributed by atoms with Gasteiger partial charge in [-0.3, -0.25) is 4.79 Å². The molecule has 18 heavy (non-hydrogen) atoms. The van der Waals surface area contributed by atoms with E-state index in [0.29, 0.717) is 11.9 Å². The molecular formula is C10H17ClN6O. The van der Waals surface area contributed by atoms with Crippen molar-refractivity contribution in [3.8, 4) is 0 Å². The highest BCUT2D eigenvalue weighted by molar-refractivity contribution is 6.28. The largest absolute Gasteiger partial charge is 0.357 e. The van der Waals surface area contributed by atoms with E-state index in [9.17, 15) is 4.79 Å². The molecule has 0 fully saturated rings. The zero-order valence-electron chi connectivity index (χ0n) is 10.9. The predicted octanol–water partition coefficient (Wildman–Crippen LogP) is 0.527. The van der Waals surface area contributed by atoms with Gasteiger partial charge in [-0.2, -0.15) is 15.0 Å². The van der Waals surface area contributed by atoms with Gasteiger partial charge in [0.15, 0.2) is 0 Å². The summed E-state index contributed by atoms with van der Waals surface area (Å²) in [5.74, 6) is 0.606. The van der Waals surface area contributed by atoms with E-state index in [1.54, 1.807) is 19.0 Å². The summed E-state index contributed by atoms with van der Waals surface area (Å²) < 4.78 is 0. The van der Waals surface area contributed by atoms with Crippen LogP contribution >= 0.6 is 11.6 Å². The van der Waals surface area contributed by atoms with Gasteiger partial charge in [-0.05, 0) is 25.4 Å². The standard InChI is InChI=1S/C10H17ClN6O/c1-6(2)13-7(18)5-17(4)10-15-8(11)14-9(12-3)16-10/h6H,5H2,1-4H3,(H,13,18)(H,12,14,15,16). The van der Waals surface area contributed by atoms with Crippen LogP contribution in [0.4, 0.5) is 11.9 Å². The fraction of sp³-hybridized carbons (Fsp3) is 0.600. The number of rotatable bonds is 5. The maximum atomic E-state index is 11.6. The van der Waals surface area contributed by atoms with Crippen LogP contribution in [0.5, 0.6) is 0 Å². The molecule has 1 rings (SSSR count). The van der Waals surface area contributed by atoms with Crippen molar-refractivity contribution in [3.63, 3.8) is 0 Å². The molecular weight excluding hydrogens is 256 g/mol. The first-order valence-electron chi connectivity index (χ1n) is 5.52. The Morgan fingerprint density at radius 1 is 1.39 bits per heavy atom. The highest BCUT2D eigenvalue weighted by atomic mass is 35.5. The number of aromatic nitrogens is 3. The van der Waals surface area contributed by atoms with E-state index in [1.807, 2.05) is 13.8 Å². The zero-order chi connectivity index (χ0) is 13.7. The molecule has 7 nitrogen and oxygen atoms in total. The van der Waals surface area contributed by atoms with Gasteiger partial charge in [0.25, 0.3) is 0 Å². The minimum absolute atomic E-state index is 0.0838. The monoisotopic (exact) mass is 272 g/mol. The summed E-state index contributed by atoms with van der Waals surface area (Å²) >= 11 is 5.76. The fourth-order valence-electron chi connectivity index (χ4n) is 1.28. The summed E-state index contributed by atoms with van der Waals surface area (Å²) in [6, 6.07) is 0.0979. The number of anilines is 2. The first-order chi connectivity index (χ1) is 8.42. The average molecular weight is 273 g/mol. The van der Waals surface area contributed by atoms with E-state index in [1.165, 1.54) is 0 Å².